The van der Waals surface area contributed by atoms with Crippen LogP contribution in [0.3, 0.4) is 0 Å². The summed E-state index contributed by atoms with van der Waals surface area (Å²) in [6.07, 6.45) is 0.157. The van der Waals surface area contributed by atoms with E-state index >= 15 is 0 Å². The molecule has 20 heavy (non-hydrogen) atoms. The van der Waals surface area contributed by atoms with Crippen molar-refractivity contribution in [1.82, 2.24) is 0 Å². The molecule has 0 saturated heterocycles. The van der Waals surface area contributed by atoms with Crippen molar-refractivity contribution < 1.29 is 19.8 Å². The van der Waals surface area contributed by atoms with E-state index in [9.17, 15) is 19.8 Å². The molecule has 0 aliphatic heterocycles. The Balaban J connectivity index is 2.57. The first kappa shape index (κ1) is 14.1. The summed E-state index contributed by atoms with van der Waals surface area (Å²) in [4.78, 5) is 22.5. The standard InChI is InChI=1S/C15H11ClO4/c16-13-7-2-1-4-9(13)8-12-10(14(17)18)5-3-6-11(12)15(19)20/h1-7H,8H2,(H,17,18)(H,19,20). The van der Waals surface area contributed by atoms with Gasteiger partial charge in [0.1, 0.15) is 0 Å². The van der Waals surface area contributed by atoms with Gasteiger partial charge in [0, 0.05) is 11.4 Å². The second-order valence-corrected chi connectivity index (χ2v) is 4.62. The number of hydrogen-bond acceptors (Lipinski definition) is 2. The van der Waals surface area contributed by atoms with Gasteiger partial charge >= 0.3 is 11.9 Å². The van der Waals surface area contributed by atoms with Crippen LogP contribution < -0.4 is 0 Å². The van der Waals surface area contributed by atoms with Crippen LogP contribution in [0.25, 0.3) is 0 Å². The summed E-state index contributed by atoms with van der Waals surface area (Å²) in [6.45, 7) is 0. The quantitative estimate of drug-likeness (QED) is 0.906. The van der Waals surface area contributed by atoms with Gasteiger partial charge in [0.2, 0.25) is 0 Å². The minimum absolute atomic E-state index is 0.0233. The zero-order valence-electron chi connectivity index (χ0n) is 10.3. The van der Waals surface area contributed by atoms with Crippen LogP contribution in [0.15, 0.2) is 42.5 Å². The summed E-state index contributed by atoms with van der Waals surface area (Å²) in [7, 11) is 0. The van der Waals surface area contributed by atoms with Crippen molar-refractivity contribution in [3.63, 3.8) is 0 Å². The van der Waals surface area contributed by atoms with Gasteiger partial charge in [0.15, 0.2) is 0 Å². The topological polar surface area (TPSA) is 74.6 Å². The highest BCUT2D eigenvalue weighted by molar-refractivity contribution is 6.31. The predicted molar refractivity (Wildman–Crippen MR) is 74.6 cm³/mol. The van der Waals surface area contributed by atoms with Crippen molar-refractivity contribution in [2.45, 2.75) is 6.42 Å². The van der Waals surface area contributed by atoms with E-state index in [1.165, 1.54) is 18.2 Å². The highest BCUT2D eigenvalue weighted by atomic mass is 35.5. The van der Waals surface area contributed by atoms with Gasteiger partial charge in [-0.05, 0) is 29.3 Å². The number of carbonyl (C=O) groups is 2. The molecule has 0 spiro atoms. The molecule has 0 aliphatic carbocycles. The fraction of sp³-hybridized carbons (Fsp3) is 0.0667. The van der Waals surface area contributed by atoms with Crippen molar-refractivity contribution in [2.75, 3.05) is 0 Å². The van der Waals surface area contributed by atoms with Crippen LogP contribution in [0.2, 0.25) is 5.02 Å². The summed E-state index contributed by atoms with van der Waals surface area (Å²) in [5.41, 5.74) is 0.889. The maximum atomic E-state index is 11.2. The van der Waals surface area contributed by atoms with Gasteiger partial charge in [0.05, 0.1) is 11.1 Å². The van der Waals surface area contributed by atoms with E-state index in [1.54, 1.807) is 24.3 Å². The molecule has 2 N–H and O–H groups in total. The fourth-order valence-corrected chi connectivity index (χ4v) is 2.21. The lowest BCUT2D eigenvalue weighted by Gasteiger charge is -2.11. The van der Waals surface area contributed by atoms with Crippen LogP contribution >= 0.6 is 11.6 Å². The molecule has 2 rings (SSSR count). The molecule has 0 radical (unpaired) electrons. The number of aromatic carboxylic acids is 2. The molecule has 0 fully saturated rings. The normalized spacial score (nSPS) is 10.2. The van der Waals surface area contributed by atoms with Crippen molar-refractivity contribution in [3.05, 3.63) is 69.7 Å². The van der Waals surface area contributed by atoms with E-state index in [0.717, 1.165) is 0 Å². The number of rotatable bonds is 4. The molecule has 0 amide bonds. The summed E-state index contributed by atoms with van der Waals surface area (Å²) in [5, 5.41) is 18.9. The van der Waals surface area contributed by atoms with E-state index in [2.05, 4.69) is 0 Å². The largest absolute Gasteiger partial charge is 0.478 e. The van der Waals surface area contributed by atoms with E-state index in [0.29, 0.717) is 10.6 Å². The molecule has 4 nitrogen and oxygen atoms in total. The van der Waals surface area contributed by atoms with Gasteiger partial charge in [-0.3, -0.25) is 0 Å². The number of hydrogen-bond donors (Lipinski definition) is 2. The average molecular weight is 291 g/mol. The van der Waals surface area contributed by atoms with Crippen LogP contribution in [0.5, 0.6) is 0 Å². The van der Waals surface area contributed by atoms with Gasteiger partial charge in [0.25, 0.3) is 0 Å². The Bertz CT molecular complexity index is 647. The minimum Gasteiger partial charge on any atom is -0.478 e. The molecule has 0 unspecified atom stereocenters. The molecule has 2 aromatic carbocycles. The van der Waals surface area contributed by atoms with Crippen molar-refractivity contribution in [3.8, 4) is 0 Å². The third-order valence-corrected chi connectivity index (χ3v) is 3.33. The zero-order chi connectivity index (χ0) is 14.7. The molecule has 5 heteroatoms. The second-order valence-electron chi connectivity index (χ2n) is 4.21. The predicted octanol–water partition coefficient (Wildman–Crippen LogP) is 3.33. The molecule has 0 saturated carbocycles. The van der Waals surface area contributed by atoms with E-state index < -0.39 is 11.9 Å². The Kier molecular flexibility index (Phi) is 4.05. The molecule has 0 aliphatic rings. The number of benzene rings is 2. The maximum absolute atomic E-state index is 11.2. The smallest absolute Gasteiger partial charge is 0.336 e. The first-order valence-electron chi connectivity index (χ1n) is 5.82. The molecule has 102 valence electrons. The number of carboxylic acid groups (broad SMARTS) is 2. The van der Waals surface area contributed by atoms with Crippen LogP contribution in [0.4, 0.5) is 0 Å². The third-order valence-electron chi connectivity index (χ3n) is 2.96. The summed E-state index contributed by atoms with van der Waals surface area (Å²) in [6, 6.07) is 11.1. The van der Waals surface area contributed by atoms with E-state index in [-0.39, 0.29) is 23.1 Å². The lowest BCUT2D eigenvalue weighted by atomic mass is 9.94. The van der Waals surface area contributed by atoms with Gasteiger partial charge in [-0.25, -0.2) is 9.59 Å². The molecule has 0 bridgehead atoms. The molecular formula is C15H11ClO4. The van der Waals surface area contributed by atoms with Crippen LogP contribution in [0, 0.1) is 0 Å². The summed E-state index contributed by atoms with van der Waals surface area (Å²) < 4.78 is 0. The Morgan fingerprint density at radius 3 is 1.95 bits per heavy atom. The van der Waals surface area contributed by atoms with E-state index in [4.69, 9.17) is 11.6 Å². The molecule has 0 aromatic heterocycles. The van der Waals surface area contributed by atoms with Gasteiger partial charge in [-0.2, -0.15) is 0 Å². The molecule has 0 atom stereocenters. The molecular weight excluding hydrogens is 280 g/mol. The van der Waals surface area contributed by atoms with Crippen LogP contribution in [-0.4, -0.2) is 22.2 Å². The summed E-state index contributed by atoms with van der Waals surface area (Å²) in [5.74, 6) is -2.31. The highest BCUT2D eigenvalue weighted by Gasteiger charge is 2.18. The lowest BCUT2D eigenvalue weighted by molar-refractivity contribution is 0.0696. The first-order chi connectivity index (χ1) is 9.50. The van der Waals surface area contributed by atoms with Gasteiger partial charge < -0.3 is 10.2 Å². The minimum atomic E-state index is -1.16. The van der Waals surface area contributed by atoms with Crippen LogP contribution in [-0.2, 0) is 6.42 Å². The first-order valence-corrected chi connectivity index (χ1v) is 6.20. The number of carboxylic acids is 2. The maximum Gasteiger partial charge on any atom is 0.336 e. The lowest BCUT2D eigenvalue weighted by Crippen LogP contribution is -2.10. The monoisotopic (exact) mass is 290 g/mol. The molecule has 2 aromatic rings. The zero-order valence-corrected chi connectivity index (χ0v) is 11.1. The fourth-order valence-electron chi connectivity index (χ4n) is 2.01. The molecule has 0 heterocycles. The van der Waals surface area contributed by atoms with Crippen molar-refractivity contribution in [1.29, 1.82) is 0 Å². The third kappa shape index (κ3) is 2.81. The Morgan fingerprint density at radius 1 is 0.900 bits per heavy atom. The SMILES string of the molecule is O=C(O)c1cccc(C(=O)O)c1Cc1ccccc1Cl. The summed E-state index contributed by atoms with van der Waals surface area (Å²) >= 11 is 6.04. The van der Waals surface area contributed by atoms with Crippen LogP contribution in [0.1, 0.15) is 31.8 Å². The van der Waals surface area contributed by atoms with Gasteiger partial charge in [-0.1, -0.05) is 35.9 Å². The number of halogens is 1. The second kappa shape index (κ2) is 5.75. The average Bonchev–Trinajstić information content (AvgIpc) is 2.41. The van der Waals surface area contributed by atoms with Crippen molar-refractivity contribution in [2.24, 2.45) is 0 Å². The van der Waals surface area contributed by atoms with Crippen molar-refractivity contribution >= 4 is 23.5 Å². The Hall–Kier alpha value is -2.33. The Morgan fingerprint density at radius 2 is 1.45 bits per heavy atom. The Labute approximate surface area is 120 Å². The highest BCUT2D eigenvalue weighted by Crippen LogP contribution is 2.24. The van der Waals surface area contributed by atoms with E-state index in [1.807, 2.05) is 0 Å². The van der Waals surface area contributed by atoms with Gasteiger partial charge in [-0.15, -0.1) is 0 Å².